The largest absolute Gasteiger partial charge is 0.448 e. The van der Waals surface area contributed by atoms with Crippen molar-refractivity contribution in [2.24, 2.45) is 0 Å². The molecule has 2 rings (SSSR count). The number of hydrogen-bond donors (Lipinski definition) is 1. The number of thiazole rings is 1. The molecule has 0 saturated carbocycles. The molecule has 0 spiro atoms. The van der Waals surface area contributed by atoms with Crippen LogP contribution in [0.3, 0.4) is 0 Å². The van der Waals surface area contributed by atoms with Crippen molar-refractivity contribution >= 4 is 38.2 Å². The lowest BCUT2D eigenvalue weighted by Crippen LogP contribution is -2.46. The Labute approximate surface area is 157 Å². The highest BCUT2D eigenvalue weighted by Crippen LogP contribution is 2.20. The van der Waals surface area contributed by atoms with Gasteiger partial charge in [0.2, 0.25) is 0 Å². The quantitative estimate of drug-likeness (QED) is 0.517. The minimum atomic E-state index is -3.11. The second-order valence-electron chi connectivity index (χ2n) is 5.94. The number of likely N-dealkylation sites (N-methyl/N-ethyl adjacent to an activating group) is 1. The number of carbonyl (C=O) groups excluding carboxylic acids is 2. The number of nitrogens with zero attached hydrogens (tertiary/aromatic N) is 2. The predicted octanol–water partition coefficient (Wildman–Crippen LogP) is 1.32. The van der Waals surface area contributed by atoms with Gasteiger partial charge in [0.1, 0.15) is 0 Å². The smallest absolute Gasteiger partial charge is 0.358 e. The fraction of sp³-hybridized carbons (Fsp3) is 0.562. The van der Waals surface area contributed by atoms with Crippen LogP contribution in [-0.4, -0.2) is 66.9 Å². The molecule has 1 saturated heterocycles. The Morgan fingerprint density at radius 1 is 1.58 bits per heavy atom. The topological polar surface area (TPSA) is 106 Å². The van der Waals surface area contributed by atoms with E-state index in [1.807, 2.05) is 0 Å². The van der Waals surface area contributed by atoms with Gasteiger partial charge in [-0.15, -0.1) is 17.9 Å². The van der Waals surface area contributed by atoms with Crippen molar-refractivity contribution in [2.45, 2.75) is 32.4 Å². The summed E-state index contributed by atoms with van der Waals surface area (Å²) in [5, 5.41) is 5.07. The van der Waals surface area contributed by atoms with Crippen LogP contribution in [-0.2, 0) is 19.4 Å². The van der Waals surface area contributed by atoms with Gasteiger partial charge >= 0.3 is 5.97 Å². The van der Waals surface area contributed by atoms with E-state index in [9.17, 15) is 18.0 Å². The maximum Gasteiger partial charge on any atom is 0.358 e. The van der Waals surface area contributed by atoms with Crippen molar-refractivity contribution in [1.82, 2.24) is 9.88 Å². The molecule has 1 N–H and O–H groups in total. The van der Waals surface area contributed by atoms with Gasteiger partial charge in [-0.25, -0.2) is 18.2 Å². The first kappa shape index (κ1) is 20.4. The van der Waals surface area contributed by atoms with Gasteiger partial charge in [0.25, 0.3) is 5.91 Å². The van der Waals surface area contributed by atoms with Crippen LogP contribution in [0, 0.1) is 0 Å². The molecule has 1 aromatic rings. The molecule has 0 unspecified atom stereocenters. The van der Waals surface area contributed by atoms with Crippen molar-refractivity contribution < 1.29 is 22.7 Å². The molecule has 2 heterocycles. The highest BCUT2D eigenvalue weighted by Gasteiger charge is 2.36. The number of aromatic nitrogens is 1. The number of hydrogen-bond acceptors (Lipinski definition) is 8. The standard InChI is InChI=1S/C16H23N3O5S2/c1-4-7-17-16-18-13(9-25-16)15(21)24-11(3)14(20)19(5-2)12-6-8-26(22,23)10-12/h4,9,11-12H,1,5-8,10H2,2-3H3,(H,17,18)/t11-,12+/m1/s1. The summed E-state index contributed by atoms with van der Waals surface area (Å²) in [5.74, 6) is -1.06. The fourth-order valence-electron chi connectivity index (χ4n) is 2.73. The molecule has 0 radical (unpaired) electrons. The van der Waals surface area contributed by atoms with Gasteiger partial charge in [0.05, 0.1) is 11.5 Å². The van der Waals surface area contributed by atoms with Gasteiger partial charge < -0.3 is 15.0 Å². The van der Waals surface area contributed by atoms with Gasteiger partial charge in [0.15, 0.2) is 26.8 Å². The highest BCUT2D eigenvalue weighted by atomic mass is 32.2. The van der Waals surface area contributed by atoms with Crippen molar-refractivity contribution in [3.8, 4) is 0 Å². The molecule has 8 nitrogen and oxygen atoms in total. The minimum absolute atomic E-state index is 0.0440. The average Bonchev–Trinajstić information content (AvgIpc) is 3.20. The molecule has 1 amide bonds. The summed E-state index contributed by atoms with van der Waals surface area (Å²) in [5.41, 5.74) is 0.118. The summed E-state index contributed by atoms with van der Waals surface area (Å²) in [6.07, 6.45) is 1.06. The molecule has 1 aromatic heterocycles. The van der Waals surface area contributed by atoms with Crippen LogP contribution in [0.15, 0.2) is 18.0 Å². The maximum absolute atomic E-state index is 12.6. The van der Waals surface area contributed by atoms with E-state index in [-0.39, 0.29) is 23.2 Å². The zero-order valence-corrected chi connectivity index (χ0v) is 16.4. The summed E-state index contributed by atoms with van der Waals surface area (Å²) in [4.78, 5) is 30.4. The lowest BCUT2D eigenvalue weighted by Gasteiger charge is -2.29. The lowest BCUT2D eigenvalue weighted by atomic mass is 10.2. The lowest BCUT2D eigenvalue weighted by molar-refractivity contribution is -0.141. The Bertz CT molecular complexity index is 775. The van der Waals surface area contributed by atoms with Crippen LogP contribution in [0.1, 0.15) is 30.8 Å². The third-order valence-electron chi connectivity index (χ3n) is 4.02. The molecule has 1 fully saturated rings. The van der Waals surface area contributed by atoms with E-state index in [1.165, 1.54) is 23.2 Å². The van der Waals surface area contributed by atoms with E-state index in [0.717, 1.165) is 0 Å². The van der Waals surface area contributed by atoms with Crippen LogP contribution in [0.25, 0.3) is 0 Å². The predicted molar refractivity (Wildman–Crippen MR) is 100 cm³/mol. The number of ether oxygens (including phenoxy) is 1. The maximum atomic E-state index is 12.6. The molecule has 1 aliphatic rings. The Balaban J connectivity index is 1.97. The van der Waals surface area contributed by atoms with Crippen molar-refractivity contribution in [1.29, 1.82) is 0 Å². The summed E-state index contributed by atoms with van der Waals surface area (Å²) >= 11 is 1.25. The molecular weight excluding hydrogens is 378 g/mol. The summed E-state index contributed by atoms with van der Waals surface area (Å²) in [7, 11) is -3.11. The number of carbonyl (C=O) groups is 2. The number of rotatable bonds is 8. The Hall–Kier alpha value is -1.94. The summed E-state index contributed by atoms with van der Waals surface area (Å²) < 4.78 is 28.5. The van der Waals surface area contributed by atoms with Gasteiger partial charge in [-0.3, -0.25) is 4.79 Å². The molecule has 1 aliphatic heterocycles. The Kier molecular flexibility index (Phi) is 6.76. The van der Waals surface area contributed by atoms with Crippen LogP contribution in [0.5, 0.6) is 0 Å². The van der Waals surface area contributed by atoms with Crippen LogP contribution >= 0.6 is 11.3 Å². The average molecular weight is 402 g/mol. The normalized spacial score (nSPS) is 19.5. The Morgan fingerprint density at radius 2 is 2.31 bits per heavy atom. The van der Waals surface area contributed by atoms with E-state index in [1.54, 1.807) is 18.4 Å². The van der Waals surface area contributed by atoms with Gasteiger partial charge in [-0.2, -0.15) is 0 Å². The number of sulfone groups is 1. The zero-order valence-electron chi connectivity index (χ0n) is 14.8. The van der Waals surface area contributed by atoms with E-state index in [4.69, 9.17) is 4.74 Å². The third-order valence-corrected chi connectivity index (χ3v) is 6.57. The summed E-state index contributed by atoms with van der Waals surface area (Å²) in [6, 6.07) is -0.368. The first-order chi connectivity index (χ1) is 12.3. The molecule has 0 aromatic carbocycles. The molecule has 0 aliphatic carbocycles. The summed E-state index contributed by atoms with van der Waals surface area (Å²) in [6.45, 7) is 7.72. The zero-order chi connectivity index (χ0) is 19.3. The van der Waals surface area contributed by atoms with Gasteiger partial charge in [-0.05, 0) is 20.3 Å². The van der Waals surface area contributed by atoms with Gasteiger partial charge in [0, 0.05) is 24.5 Å². The second kappa shape index (κ2) is 8.63. The van der Waals surface area contributed by atoms with Crippen LogP contribution < -0.4 is 5.32 Å². The number of esters is 1. The van der Waals surface area contributed by atoms with Crippen molar-refractivity contribution in [3.05, 3.63) is 23.7 Å². The molecule has 144 valence electrons. The van der Waals surface area contributed by atoms with E-state index in [2.05, 4.69) is 16.9 Å². The number of amides is 1. The van der Waals surface area contributed by atoms with E-state index < -0.39 is 27.8 Å². The molecule has 26 heavy (non-hydrogen) atoms. The van der Waals surface area contributed by atoms with Crippen LogP contribution in [0.4, 0.5) is 5.13 Å². The Morgan fingerprint density at radius 3 is 2.88 bits per heavy atom. The van der Waals surface area contributed by atoms with Crippen molar-refractivity contribution in [3.63, 3.8) is 0 Å². The first-order valence-electron chi connectivity index (χ1n) is 8.29. The van der Waals surface area contributed by atoms with Gasteiger partial charge in [-0.1, -0.05) is 6.08 Å². The first-order valence-corrected chi connectivity index (χ1v) is 11.0. The molecule has 0 bridgehead atoms. The second-order valence-corrected chi connectivity index (χ2v) is 9.02. The molecular formula is C16H23N3O5S2. The van der Waals surface area contributed by atoms with Crippen molar-refractivity contribution in [2.75, 3.05) is 29.9 Å². The SMILES string of the molecule is C=CCNc1nc(C(=O)O[C@H](C)C(=O)N(CC)[C@H]2CCS(=O)(=O)C2)cs1. The van der Waals surface area contributed by atoms with Crippen LogP contribution in [0.2, 0.25) is 0 Å². The fourth-order valence-corrected chi connectivity index (χ4v) is 5.15. The molecule has 2 atom stereocenters. The molecule has 10 heteroatoms. The number of anilines is 1. The monoisotopic (exact) mass is 401 g/mol. The highest BCUT2D eigenvalue weighted by molar-refractivity contribution is 7.91. The minimum Gasteiger partial charge on any atom is -0.448 e. The third kappa shape index (κ3) is 5.04. The number of nitrogens with one attached hydrogen (secondary N) is 1. The van der Waals surface area contributed by atoms with E-state index in [0.29, 0.717) is 24.6 Å². The van der Waals surface area contributed by atoms with E-state index >= 15 is 0 Å².